The van der Waals surface area contributed by atoms with Gasteiger partial charge in [0.25, 0.3) is 5.91 Å². The van der Waals surface area contributed by atoms with Crippen LogP contribution in [0, 0.1) is 13.8 Å². The van der Waals surface area contributed by atoms with Crippen molar-refractivity contribution >= 4 is 27.5 Å². The van der Waals surface area contributed by atoms with Crippen LogP contribution in [0.25, 0.3) is 0 Å². The molecule has 2 rings (SSSR count). The zero-order valence-corrected chi connectivity index (χ0v) is 15.3. The van der Waals surface area contributed by atoms with E-state index >= 15 is 0 Å². The van der Waals surface area contributed by atoms with Crippen LogP contribution in [0.15, 0.2) is 46.0 Å². The molecule has 0 aliphatic heterocycles. The molecule has 0 heterocycles. The number of nitrogens with one attached hydrogen (secondary N) is 1. The molecule has 0 spiro atoms. The molecule has 2 aromatic carbocycles. The van der Waals surface area contributed by atoms with Gasteiger partial charge >= 0.3 is 0 Å². The van der Waals surface area contributed by atoms with Crippen molar-refractivity contribution in [1.82, 2.24) is 5.43 Å². The Morgan fingerprint density at radius 3 is 2.50 bits per heavy atom. The van der Waals surface area contributed by atoms with Gasteiger partial charge in [-0.2, -0.15) is 5.10 Å². The van der Waals surface area contributed by atoms with E-state index in [-0.39, 0.29) is 18.3 Å². The second kappa shape index (κ2) is 7.97. The van der Waals surface area contributed by atoms with Crippen molar-refractivity contribution in [3.05, 3.63) is 57.6 Å². The number of hydrogen-bond acceptors (Lipinski definition) is 4. The first-order valence-electron chi connectivity index (χ1n) is 7.39. The van der Waals surface area contributed by atoms with Gasteiger partial charge in [-0.05, 0) is 56.2 Å². The molecule has 0 atom stereocenters. The standard InChI is InChI=1S/C18H19BrN2O3/c1-11-8-14(19)9-12(2)18(11)24-10-17(23)21-20-13(3)15-6-4-5-7-16(15)22/h4-9,22H,10H2,1-3H3,(H,21,23)/b20-13-. The van der Waals surface area contributed by atoms with Crippen molar-refractivity contribution < 1.29 is 14.6 Å². The number of carbonyl (C=O) groups excluding carboxylic acids is 1. The number of aromatic hydroxyl groups is 1. The predicted molar refractivity (Wildman–Crippen MR) is 97.6 cm³/mol. The zero-order valence-electron chi connectivity index (χ0n) is 13.8. The Morgan fingerprint density at radius 1 is 1.25 bits per heavy atom. The van der Waals surface area contributed by atoms with Gasteiger partial charge in [-0.25, -0.2) is 5.43 Å². The number of amides is 1. The van der Waals surface area contributed by atoms with E-state index in [1.54, 1.807) is 31.2 Å². The fourth-order valence-electron chi connectivity index (χ4n) is 2.28. The second-order valence-corrected chi connectivity index (χ2v) is 6.32. The molecule has 2 aromatic rings. The largest absolute Gasteiger partial charge is 0.507 e. The summed E-state index contributed by atoms with van der Waals surface area (Å²) in [4.78, 5) is 11.9. The number of aryl methyl sites for hydroxylation is 2. The van der Waals surface area contributed by atoms with Crippen LogP contribution in [0.5, 0.6) is 11.5 Å². The molecule has 0 saturated heterocycles. The van der Waals surface area contributed by atoms with Gasteiger partial charge in [-0.15, -0.1) is 0 Å². The number of phenolic OH excluding ortho intramolecular Hbond substituents is 1. The molecule has 0 aliphatic carbocycles. The van der Waals surface area contributed by atoms with Gasteiger partial charge in [0.05, 0.1) is 5.71 Å². The fraction of sp³-hybridized carbons (Fsp3) is 0.222. The van der Waals surface area contributed by atoms with Gasteiger partial charge in [0.2, 0.25) is 0 Å². The molecule has 126 valence electrons. The lowest BCUT2D eigenvalue weighted by atomic mass is 10.1. The van der Waals surface area contributed by atoms with E-state index in [4.69, 9.17) is 4.74 Å². The average Bonchev–Trinajstić information content (AvgIpc) is 2.52. The maximum Gasteiger partial charge on any atom is 0.277 e. The van der Waals surface area contributed by atoms with Crippen LogP contribution >= 0.6 is 15.9 Å². The molecule has 0 unspecified atom stereocenters. The third-order valence-electron chi connectivity index (χ3n) is 3.41. The Hall–Kier alpha value is -2.34. The lowest BCUT2D eigenvalue weighted by Gasteiger charge is -2.12. The highest BCUT2D eigenvalue weighted by atomic mass is 79.9. The van der Waals surface area contributed by atoms with Gasteiger partial charge in [0.15, 0.2) is 6.61 Å². The van der Waals surface area contributed by atoms with Crippen LogP contribution in [0.1, 0.15) is 23.6 Å². The van der Waals surface area contributed by atoms with E-state index in [1.807, 2.05) is 26.0 Å². The summed E-state index contributed by atoms with van der Waals surface area (Å²) in [6.45, 7) is 5.41. The SMILES string of the molecule is C/C(=N/NC(=O)COc1c(C)cc(Br)cc1C)c1ccccc1O. The molecule has 0 bridgehead atoms. The highest BCUT2D eigenvalue weighted by Gasteiger charge is 2.09. The van der Waals surface area contributed by atoms with Gasteiger partial charge in [0.1, 0.15) is 11.5 Å². The van der Waals surface area contributed by atoms with Gasteiger partial charge in [-0.1, -0.05) is 28.1 Å². The van der Waals surface area contributed by atoms with Crippen LogP contribution < -0.4 is 10.2 Å². The fourth-order valence-corrected chi connectivity index (χ4v) is 2.97. The minimum atomic E-state index is -0.369. The maximum atomic E-state index is 11.9. The number of benzene rings is 2. The minimum absolute atomic E-state index is 0.116. The van der Waals surface area contributed by atoms with Crippen LogP contribution in [0.4, 0.5) is 0 Å². The monoisotopic (exact) mass is 390 g/mol. The highest BCUT2D eigenvalue weighted by molar-refractivity contribution is 9.10. The van der Waals surface area contributed by atoms with Crippen molar-refractivity contribution in [1.29, 1.82) is 0 Å². The number of hydrogen-bond donors (Lipinski definition) is 2. The normalized spacial score (nSPS) is 11.2. The zero-order chi connectivity index (χ0) is 17.7. The molecule has 1 amide bonds. The van der Waals surface area contributed by atoms with E-state index in [2.05, 4.69) is 26.5 Å². The van der Waals surface area contributed by atoms with Gasteiger partial charge in [0, 0.05) is 10.0 Å². The van der Waals surface area contributed by atoms with Crippen LogP contribution in [0.3, 0.4) is 0 Å². The van der Waals surface area contributed by atoms with Crippen LogP contribution in [0.2, 0.25) is 0 Å². The number of rotatable bonds is 5. The quantitative estimate of drug-likeness (QED) is 0.603. The molecule has 0 aliphatic rings. The van der Waals surface area contributed by atoms with Crippen molar-refractivity contribution in [2.45, 2.75) is 20.8 Å². The van der Waals surface area contributed by atoms with Crippen LogP contribution in [-0.4, -0.2) is 23.3 Å². The highest BCUT2D eigenvalue weighted by Crippen LogP contribution is 2.27. The summed E-state index contributed by atoms with van der Waals surface area (Å²) in [7, 11) is 0. The van der Waals surface area contributed by atoms with Crippen molar-refractivity contribution in [2.24, 2.45) is 5.10 Å². The first-order valence-corrected chi connectivity index (χ1v) is 8.19. The van der Waals surface area contributed by atoms with E-state index in [9.17, 15) is 9.90 Å². The number of nitrogens with zero attached hydrogens (tertiary/aromatic N) is 1. The number of carbonyl (C=O) groups is 1. The Bertz CT molecular complexity index is 765. The molecule has 24 heavy (non-hydrogen) atoms. The number of phenols is 1. The first-order chi connectivity index (χ1) is 11.4. The topological polar surface area (TPSA) is 70.9 Å². The molecule has 6 heteroatoms. The van der Waals surface area contributed by atoms with E-state index in [0.717, 1.165) is 15.6 Å². The lowest BCUT2D eigenvalue weighted by Crippen LogP contribution is -2.26. The molecule has 2 N–H and O–H groups in total. The number of halogens is 1. The summed E-state index contributed by atoms with van der Waals surface area (Å²) in [6, 6.07) is 10.7. The predicted octanol–water partition coefficient (Wildman–Crippen LogP) is 3.69. The molecular formula is C18H19BrN2O3. The van der Waals surface area contributed by atoms with E-state index in [1.165, 1.54) is 0 Å². The maximum absolute atomic E-state index is 11.9. The number of ether oxygens (including phenoxy) is 1. The summed E-state index contributed by atoms with van der Waals surface area (Å²) in [5.41, 5.74) is 5.41. The third-order valence-corrected chi connectivity index (χ3v) is 3.87. The minimum Gasteiger partial charge on any atom is -0.507 e. The molecule has 0 saturated carbocycles. The molecule has 0 fully saturated rings. The molecule has 0 radical (unpaired) electrons. The summed E-state index contributed by atoms with van der Waals surface area (Å²) in [5, 5.41) is 13.8. The van der Waals surface area contributed by atoms with Crippen molar-refractivity contribution in [3.8, 4) is 11.5 Å². The first kappa shape index (κ1) is 18.0. The Labute approximate surface area is 149 Å². The summed E-state index contributed by atoms with van der Waals surface area (Å²) < 4.78 is 6.56. The van der Waals surface area contributed by atoms with Gasteiger partial charge in [-0.3, -0.25) is 4.79 Å². The molecule has 5 nitrogen and oxygen atoms in total. The Morgan fingerprint density at radius 2 is 1.88 bits per heavy atom. The second-order valence-electron chi connectivity index (χ2n) is 5.41. The molecular weight excluding hydrogens is 372 g/mol. The van der Waals surface area contributed by atoms with Gasteiger partial charge < -0.3 is 9.84 Å². The van der Waals surface area contributed by atoms with Crippen LogP contribution in [-0.2, 0) is 4.79 Å². The molecule has 0 aromatic heterocycles. The van der Waals surface area contributed by atoms with Crippen molar-refractivity contribution in [3.63, 3.8) is 0 Å². The van der Waals surface area contributed by atoms with Crippen molar-refractivity contribution in [2.75, 3.05) is 6.61 Å². The van der Waals surface area contributed by atoms with E-state index < -0.39 is 0 Å². The summed E-state index contributed by atoms with van der Waals surface area (Å²) in [5.74, 6) is 0.437. The number of para-hydroxylation sites is 1. The van der Waals surface area contributed by atoms with E-state index in [0.29, 0.717) is 17.0 Å². The third kappa shape index (κ3) is 4.58. The number of hydrazone groups is 1. The summed E-state index contributed by atoms with van der Waals surface area (Å²) in [6.07, 6.45) is 0. The Balaban J connectivity index is 1.97. The smallest absolute Gasteiger partial charge is 0.277 e. The lowest BCUT2D eigenvalue weighted by molar-refractivity contribution is -0.123. The summed E-state index contributed by atoms with van der Waals surface area (Å²) >= 11 is 3.42. The average molecular weight is 391 g/mol. The Kier molecular flexibility index (Phi) is 5.98.